The van der Waals surface area contributed by atoms with Crippen LogP contribution in [0.25, 0.3) is 20.7 Å². The largest absolute Gasteiger partial charge is 0.254 e. The van der Waals surface area contributed by atoms with Crippen LogP contribution in [-0.4, -0.2) is 4.98 Å². The van der Waals surface area contributed by atoms with Gasteiger partial charge in [0, 0.05) is 16.5 Å². The summed E-state index contributed by atoms with van der Waals surface area (Å²) < 4.78 is 1.30. The van der Waals surface area contributed by atoms with Crippen molar-refractivity contribution in [2.45, 2.75) is 6.92 Å². The van der Waals surface area contributed by atoms with E-state index in [-0.39, 0.29) is 0 Å². The predicted molar refractivity (Wildman–Crippen MR) is 77.6 cm³/mol. The molecule has 1 aromatic carbocycles. The molecule has 0 radical (unpaired) electrons. The summed E-state index contributed by atoms with van der Waals surface area (Å²) in [5.74, 6) is 5.88. The fourth-order valence-electron chi connectivity index (χ4n) is 1.87. The molecule has 2 aromatic heterocycles. The van der Waals surface area contributed by atoms with Crippen molar-refractivity contribution in [1.82, 2.24) is 4.98 Å². The number of benzene rings is 1. The molecule has 0 aliphatic carbocycles. The van der Waals surface area contributed by atoms with Gasteiger partial charge in [0.1, 0.15) is 0 Å². The molecule has 0 amide bonds. The van der Waals surface area contributed by atoms with Crippen molar-refractivity contribution in [1.29, 1.82) is 0 Å². The molecule has 0 aliphatic heterocycles. The molecule has 0 spiro atoms. The van der Waals surface area contributed by atoms with E-state index in [1.807, 2.05) is 25.3 Å². The zero-order valence-corrected chi connectivity index (χ0v) is 10.8. The highest BCUT2D eigenvalue weighted by molar-refractivity contribution is 7.22. The van der Waals surface area contributed by atoms with E-state index in [1.165, 1.54) is 15.0 Å². The van der Waals surface area contributed by atoms with Crippen molar-refractivity contribution in [3.8, 4) is 22.4 Å². The first-order chi connectivity index (χ1) is 8.86. The summed E-state index contributed by atoms with van der Waals surface area (Å²) >= 11 is 1.77. The second kappa shape index (κ2) is 4.64. The Morgan fingerprint density at radius 2 is 2.00 bits per heavy atom. The molecule has 1 nitrogen and oxygen atoms in total. The van der Waals surface area contributed by atoms with Gasteiger partial charge in [-0.3, -0.25) is 4.98 Å². The number of hydrogen-bond donors (Lipinski definition) is 0. The van der Waals surface area contributed by atoms with Crippen LogP contribution in [0.5, 0.6) is 0 Å². The van der Waals surface area contributed by atoms with E-state index in [9.17, 15) is 0 Å². The van der Waals surface area contributed by atoms with E-state index in [0.717, 1.165) is 11.3 Å². The Balaban J connectivity index is 2.05. The third kappa shape index (κ3) is 2.01. The maximum Gasteiger partial charge on any atom is 0.0803 e. The van der Waals surface area contributed by atoms with E-state index < -0.39 is 0 Å². The van der Waals surface area contributed by atoms with Crippen LogP contribution < -0.4 is 0 Å². The van der Waals surface area contributed by atoms with Crippen LogP contribution in [0.15, 0.2) is 48.7 Å². The molecule has 0 N–H and O–H groups in total. The second-order valence-corrected chi connectivity index (χ2v) is 5.04. The average molecular weight is 249 g/mol. The Kier molecular flexibility index (Phi) is 2.84. The lowest BCUT2D eigenvalue weighted by Crippen LogP contribution is -1.81. The summed E-state index contributed by atoms with van der Waals surface area (Å²) in [6.07, 6.45) is 1.83. The standard InChI is InChI=1S/C16H11NS/c1-2-5-12-8-9-14(17-11-12)16-10-13-6-3-4-7-15(13)18-16/h3-4,6-11H,1H3. The zero-order valence-electron chi connectivity index (χ0n) is 9.97. The molecule has 3 aromatic rings. The van der Waals surface area contributed by atoms with Gasteiger partial charge in [-0.1, -0.05) is 24.1 Å². The van der Waals surface area contributed by atoms with Crippen molar-refractivity contribution in [3.05, 3.63) is 54.2 Å². The first-order valence-corrected chi connectivity index (χ1v) is 6.56. The van der Waals surface area contributed by atoms with Crippen LogP contribution in [-0.2, 0) is 0 Å². The number of pyridine rings is 1. The number of fused-ring (bicyclic) bond motifs is 1. The van der Waals surface area contributed by atoms with Gasteiger partial charge in [-0.25, -0.2) is 0 Å². The molecule has 3 rings (SSSR count). The van der Waals surface area contributed by atoms with Crippen LogP contribution in [0.1, 0.15) is 12.5 Å². The molecule has 2 heteroatoms. The quantitative estimate of drug-likeness (QED) is 0.585. The monoisotopic (exact) mass is 249 g/mol. The van der Waals surface area contributed by atoms with Gasteiger partial charge in [0.2, 0.25) is 0 Å². The van der Waals surface area contributed by atoms with Gasteiger partial charge in [-0.05, 0) is 36.6 Å². The summed E-state index contributed by atoms with van der Waals surface area (Å²) in [7, 11) is 0. The number of rotatable bonds is 1. The Hall–Kier alpha value is -2.11. The topological polar surface area (TPSA) is 12.9 Å². The Morgan fingerprint density at radius 1 is 1.11 bits per heavy atom. The molecule has 0 saturated heterocycles. The third-order valence-corrected chi connectivity index (χ3v) is 3.85. The second-order valence-electron chi connectivity index (χ2n) is 3.96. The van der Waals surface area contributed by atoms with Gasteiger partial charge in [0.05, 0.1) is 10.6 Å². The summed E-state index contributed by atoms with van der Waals surface area (Å²) in [5, 5.41) is 1.27. The zero-order chi connectivity index (χ0) is 12.4. The number of nitrogens with zero attached hydrogens (tertiary/aromatic N) is 1. The van der Waals surface area contributed by atoms with Crippen LogP contribution in [0.3, 0.4) is 0 Å². The summed E-state index contributed by atoms with van der Waals surface area (Å²) in [4.78, 5) is 5.67. The predicted octanol–water partition coefficient (Wildman–Crippen LogP) is 4.33. The lowest BCUT2D eigenvalue weighted by Gasteiger charge is -1.95. The molecule has 0 atom stereocenters. The lowest BCUT2D eigenvalue weighted by atomic mass is 10.2. The molecular formula is C16H11NS. The van der Waals surface area contributed by atoms with Gasteiger partial charge >= 0.3 is 0 Å². The van der Waals surface area contributed by atoms with Crippen molar-refractivity contribution < 1.29 is 0 Å². The van der Waals surface area contributed by atoms with Gasteiger partial charge in [0.15, 0.2) is 0 Å². The molecule has 2 heterocycles. The Morgan fingerprint density at radius 3 is 2.72 bits per heavy atom. The molecule has 0 saturated carbocycles. The summed E-state index contributed by atoms with van der Waals surface area (Å²) in [5.41, 5.74) is 1.97. The molecule has 0 fully saturated rings. The fraction of sp³-hybridized carbons (Fsp3) is 0.0625. The summed E-state index contributed by atoms with van der Waals surface area (Å²) in [6.45, 7) is 1.83. The minimum absolute atomic E-state index is 0.961. The first-order valence-electron chi connectivity index (χ1n) is 5.74. The Labute approximate surface area is 110 Å². The SMILES string of the molecule is CC#Cc1ccc(-c2cc3ccccc3s2)nc1. The van der Waals surface area contributed by atoms with Crippen molar-refractivity contribution in [2.75, 3.05) is 0 Å². The normalized spacial score (nSPS) is 10.1. The first kappa shape index (κ1) is 11.0. The minimum Gasteiger partial charge on any atom is -0.254 e. The van der Waals surface area contributed by atoms with Gasteiger partial charge < -0.3 is 0 Å². The van der Waals surface area contributed by atoms with Crippen LogP contribution in [0.2, 0.25) is 0 Å². The van der Waals surface area contributed by atoms with E-state index in [4.69, 9.17) is 0 Å². The number of hydrogen-bond acceptors (Lipinski definition) is 2. The van der Waals surface area contributed by atoms with Gasteiger partial charge in [-0.2, -0.15) is 0 Å². The number of aromatic nitrogens is 1. The maximum atomic E-state index is 4.47. The van der Waals surface area contributed by atoms with E-state index >= 15 is 0 Å². The average Bonchev–Trinajstić information content (AvgIpc) is 2.84. The molecular weight excluding hydrogens is 238 g/mol. The maximum absolute atomic E-state index is 4.47. The smallest absolute Gasteiger partial charge is 0.0803 e. The van der Waals surface area contributed by atoms with Gasteiger partial charge in [-0.15, -0.1) is 17.3 Å². The number of thiophene rings is 1. The molecule has 0 bridgehead atoms. The molecule has 0 unspecified atom stereocenters. The van der Waals surface area contributed by atoms with Crippen LogP contribution >= 0.6 is 11.3 Å². The molecule has 18 heavy (non-hydrogen) atoms. The van der Waals surface area contributed by atoms with E-state index in [2.05, 4.69) is 47.2 Å². The minimum atomic E-state index is 0.961. The summed E-state index contributed by atoms with van der Waals surface area (Å²) in [6, 6.07) is 14.6. The highest BCUT2D eigenvalue weighted by Gasteiger charge is 2.04. The van der Waals surface area contributed by atoms with Gasteiger partial charge in [0.25, 0.3) is 0 Å². The van der Waals surface area contributed by atoms with Crippen molar-refractivity contribution in [3.63, 3.8) is 0 Å². The molecule has 86 valence electrons. The third-order valence-electron chi connectivity index (χ3n) is 2.71. The fourth-order valence-corrected chi connectivity index (χ4v) is 2.91. The van der Waals surface area contributed by atoms with Crippen LogP contribution in [0, 0.1) is 11.8 Å². The highest BCUT2D eigenvalue weighted by Crippen LogP contribution is 2.32. The Bertz CT molecular complexity index is 709. The van der Waals surface area contributed by atoms with Crippen LogP contribution in [0.4, 0.5) is 0 Å². The van der Waals surface area contributed by atoms with E-state index in [1.54, 1.807) is 11.3 Å². The van der Waals surface area contributed by atoms with Crippen molar-refractivity contribution >= 4 is 21.4 Å². The van der Waals surface area contributed by atoms with Crippen molar-refractivity contribution in [2.24, 2.45) is 0 Å². The molecule has 0 aliphatic rings. The highest BCUT2D eigenvalue weighted by atomic mass is 32.1. The van der Waals surface area contributed by atoms with E-state index in [0.29, 0.717) is 0 Å². The lowest BCUT2D eigenvalue weighted by molar-refractivity contribution is 1.32.